The average Bonchev–Trinajstić information content (AvgIpc) is 1.63. The number of rotatable bonds is 4. The summed E-state index contributed by atoms with van der Waals surface area (Å²) < 4.78 is 34.5. The van der Waals surface area contributed by atoms with Crippen molar-refractivity contribution < 1.29 is 16.5 Å². The topological polar surface area (TPSA) is 43.4 Å². The Labute approximate surface area is 103 Å². The molecule has 6 heteroatoms. The van der Waals surface area contributed by atoms with Gasteiger partial charge >= 0.3 is 10.5 Å². The summed E-state index contributed by atoms with van der Waals surface area (Å²) in [5.41, 5.74) is 0. The SMILES string of the molecule is CCCCOS(=O)(=O)F.[K]. The molecule has 0 unspecified atom stereocenters. The molecule has 3 nitrogen and oxygen atoms in total. The van der Waals surface area contributed by atoms with Gasteiger partial charge in [0.05, 0.1) is 6.61 Å². The Morgan fingerprint density at radius 3 is 2.30 bits per heavy atom. The van der Waals surface area contributed by atoms with Crippen LogP contribution < -0.4 is 0 Å². The molecule has 0 aliphatic heterocycles. The van der Waals surface area contributed by atoms with Crippen LogP contribution in [0.2, 0.25) is 0 Å². The van der Waals surface area contributed by atoms with E-state index in [4.69, 9.17) is 0 Å². The molecule has 57 valence electrons. The first-order chi connectivity index (χ1) is 4.06. The van der Waals surface area contributed by atoms with Gasteiger partial charge < -0.3 is 0 Å². The van der Waals surface area contributed by atoms with Crippen molar-refractivity contribution >= 4 is 61.9 Å². The molecule has 0 aromatic rings. The number of unbranched alkanes of at least 4 members (excludes halogenated alkanes) is 1. The molecule has 0 N–H and O–H groups in total. The number of hydrogen-bond acceptors (Lipinski definition) is 3. The third-order valence-electron chi connectivity index (χ3n) is 0.722. The van der Waals surface area contributed by atoms with Crippen LogP contribution >= 0.6 is 0 Å². The van der Waals surface area contributed by atoms with Crippen molar-refractivity contribution in [2.75, 3.05) is 6.61 Å². The van der Waals surface area contributed by atoms with Crippen molar-refractivity contribution in [2.45, 2.75) is 19.8 Å². The molecule has 10 heavy (non-hydrogen) atoms. The predicted molar refractivity (Wildman–Crippen MR) is 36.6 cm³/mol. The molecule has 0 atom stereocenters. The molecule has 0 saturated heterocycles. The molecule has 0 aliphatic rings. The molecule has 0 amide bonds. The maximum absolute atomic E-state index is 11.5. The van der Waals surface area contributed by atoms with Crippen molar-refractivity contribution in [3.63, 3.8) is 0 Å². The summed E-state index contributed by atoms with van der Waals surface area (Å²) in [6.45, 7) is 1.80. The zero-order chi connectivity index (χ0) is 7.33. The first-order valence-corrected chi connectivity index (χ1v) is 3.96. The van der Waals surface area contributed by atoms with Gasteiger partial charge in [-0.25, -0.2) is 4.18 Å². The van der Waals surface area contributed by atoms with Gasteiger partial charge in [-0.15, -0.1) is 0 Å². The Hall–Kier alpha value is 1.48. The van der Waals surface area contributed by atoms with E-state index in [-0.39, 0.29) is 58.0 Å². The van der Waals surface area contributed by atoms with Crippen LogP contribution in [0.15, 0.2) is 0 Å². The van der Waals surface area contributed by atoms with Crippen molar-refractivity contribution in [3.8, 4) is 0 Å². The molecule has 0 spiro atoms. The smallest absolute Gasteiger partial charge is 0.245 e. The van der Waals surface area contributed by atoms with Crippen LogP contribution in [0.3, 0.4) is 0 Å². The van der Waals surface area contributed by atoms with Gasteiger partial charge in [0.25, 0.3) is 0 Å². The van der Waals surface area contributed by atoms with Gasteiger partial charge in [0.2, 0.25) is 0 Å². The largest absolute Gasteiger partial charge is 0.437 e. The fourth-order valence-electron chi connectivity index (χ4n) is 0.303. The zero-order valence-corrected chi connectivity index (χ0v) is 10.1. The Balaban J connectivity index is 0. The van der Waals surface area contributed by atoms with E-state index in [1.165, 1.54) is 0 Å². The van der Waals surface area contributed by atoms with Gasteiger partial charge in [-0.05, 0) is 6.42 Å². The van der Waals surface area contributed by atoms with E-state index in [2.05, 4.69) is 4.18 Å². The molecular formula is C4H9FKO3S. The molecule has 0 aromatic carbocycles. The third kappa shape index (κ3) is 12.2. The predicted octanol–water partition coefficient (Wildman–Crippen LogP) is 0.637. The molecule has 0 heterocycles. The summed E-state index contributed by atoms with van der Waals surface area (Å²) in [5, 5.41) is 0. The molecule has 1 radical (unpaired) electrons. The average molecular weight is 195 g/mol. The molecule has 0 saturated carbocycles. The van der Waals surface area contributed by atoms with Crippen LogP contribution in [0.25, 0.3) is 0 Å². The Kier molecular flexibility index (Phi) is 10.0. The molecule has 0 aliphatic carbocycles. The van der Waals surface area contributed by atoms with Crippen LogP contribution in [0.4, 0.5) is 3.89 Å². The fourth-order valence-corrected chi connectivity index (χ4v) is 0.620. The Morgan fingerprint density at radius 2 is 2.00 bits per heavy atom. The fraction of sp³-hybridized carbons (Fsp3) is 1.00. The monoisotopic (exact) mass is 195 g/mol. The number of hydrogen-bond donors (Lipinski definition) is 0. The summed E-state index contributed by atoms with van der Waals surface area (Å²) in [6, 6.07) is 0. The minimum atomic E-state index is -4.70. The summed E-state index contributed by atoms with van der Waals surface area (Å²) in [7, 11) is -4.70. The zero-order valence-electron chi connectivity index (χ0n) is 6.13. The maximum Gasteiger partial charge on any atom is 0.437 e. The van der Waals surface area contributed by atoms with E-state index >= 15 is 0 Å². The Morgan fingerprint density at radius 1 is 1.50 bits per heavy atom. The molecule has 0 bridgehead atoms. The molecule has 0 rings (SSSR count). The minimum Gasteiger partial charge on any atom is -0.245 e. The minimum absolute atomic E-state index is 0. The second-order valence-electron chi connectivity index (χ2n) is 1.57. The third-order valence-corrected chi connectivity index (χ3v) is 1.17. The van der Waals surface area contributed by atoms with Crippen LogP contribution in [-0.4, -0.2) is 66.4 Å². The molecule has 0 aromatic heterocycles. The van der Waals surface area contributed by atoms with E-state index in [0.29, 0.717) is 6.42 Å². The van der Waals surface area contributed by atoms with E-state index in [1.807, 2.05) is 6.92 Å². The second kappa shape index (κ2) is 7.14. The quantitative estimate of drug-likeness (QED) is 0.375. The van der Waals surface area contributed by atoms with Crippen LogP contribution in [0.1, 0.15) is 19.8 Å². The van der Waals surface area contributed by atoms with Crippen molar-refractivity contribution in [1.29, 1.82) is 0 Å². The molecular weight excluding hydrogens is 186 g/mol. The summed E-state index contributed by atoms with van der Waals surface area (Å²) >= 11 is 0. The van der Waals surface area contributed by atoms with Crippen LogP contribution in [-0.2, 0) is 14.7 Å². The van der Waals surface area contributed by atoms with Crippen LogP contribution in [0.5, 0.6) is 0 Å². The van der Waals surface area contributed by atoms with Gasteiger partial charge in [0, 0.05) is 51.4 Å². The van der Waals surface area contributed by atoms with Gasteiger partial charge in [-0.2, -0.15) is 8.42 Å². The van der Waals surface area contributed by atoms with E-state index < -0.39 is 10.5 Å². The summed E-state index contributed by atoms with van der Waals surface area (Å²) in [6.07, 6.45) is 1.35. The first-order valence-electron chi connectivity index (χ1n) is 2.65. The first kappa shape index (κ1) is 14.0. The summed E-state index contributed by atoms with van der Waals surface area (Å²) in [4.78, 5) is 0. The van der Waals surface area contributed by atoms with E-state index in [9.17, 15) is 12.3 Å². The maximum atomic E-state index is 11.5. The van der Waals surface area contributed by atoms with Crippen molar-refractivity contribution in [3.05, 3.63) is 0 Å². The van der Waals surface area contributed by atoms with E-state index in [1.54, 1.807) is 0 Å². The Bertz CT molecular complexity index is 156. The van der Waals surface area contributed by atoms with Gasteiger partial charge in [0.15, 0.2) is 0 Å². The van der Waals surface area contributed by atoms with Crippen LogP contribution in [0, 0.1) is 0 Å². The van der Waals surface area contributed by atoms with Gasteiger partial charge in [-0.3, -0.25) is 0 Å². The van der Waals surface area contributed by atoms with Gasteiger partial charge in [-0.1, -0.05) is 17.2 Å². The second-order valence-corrected chi connectivity index (χ2v) is 2.59. The van der Waals surface area contributed by atoms with E-state index in [0.717, 1.165) is 6.42 Å². The standard InChI is InChI=1S/C4H9FO3S.K/c1-2-3-4-8-9(5,6)7;/h2-4H2,1H3;. The number of halogens is 1. The molecule has 0 fully saturated rings. The normalized spacial score (nSPS) is 10.6. The van der Waals surface area contributed by atoms with Gasteiger partial charge in [0.1, 0.15) is 0 Å². The van der Waals surface area contributed by atoms with Crippen molar-refractivity contribution in [1.82, 2.24) is 0 Å². The summed E-state index contributed by atoms with van der Waals surface area (Å²) in [5.74, 6) is 0. The van der Waals surface area contributed by atoms with Crippen molar-refractivity contribution in [2.24, 2.45) is 0 Å².